The van der Waals surface area contributed by atoms with Gasteiger partial charge in [-0.1, -0.05) is 0 Å². The van der Waals surface area contributed by atoms with Gasteiger partial charge in [0, 0.05) is 19.3 Å². The fraction of sp³-hybridized carbons (Fsp3) is 0.615. The molecule has 0 bridgehead atoms. The number of nitrogens with one attached hydrogen (secondary N) is 1. The van der Waals surface area contributed by atoms with Gasteiger partial charge in [-0.3, -0.25) is 0 Å². The van der Waals surface area contributed by atoms with Crippen molar-refractivity contribution >= 4 is 5.82 Å². The molecule has 1 aliphatic rings. The maximum absolute atomic E-state index is 5.37. The predicted molar refractivity (Wildman–Crippen MR) is 65.6 cm³/mol. The Labute approximate surface area is 97.2 Å². The quantitative estimate of drug-likeness (QED) is 0.850. The zero-order chi connectivity index (χ0) is 11.4. The van der Waals surface area contributed by atoms with Gasteiger partial charge in [0.2, 0.25) is 0 Å². The Bertz CT molecular complexity index is 332. The highest BCUT2D eigenvalue weighted by molar-refractivity contribution is 5.38. The zero-order valence-electron chi connectivity index (χ0n) is 10.1. The molecular weight excluding hydrogens is 200 g/mol. The Morgan fingerprint density at radius 1 is 1.31 bits per heavy atom. The summed E-state index contributed by atoms with van der Waals surface area (Å²) in [5.74, 6) is 1.00. The van der Waals surface area contributed by atoms with E-state index in [2.05, 4.69) is 23.3 Å². The van der Waals surface area contributed by atoms with E-state index in [1.807, 2.05) is 12.3 Å². The molecule has 0 saturated heterocycles. The van der Waals surface area contributed by atoms with Crippen molar-refractivity contribution in [2.45, 2.75) is 44.8 Å². The Kier molecular flexibility index (Phi) is 3.78. The molecule has 1 aliphatic carbocycles. The number of methoxy groups -OCH3 is 1. The van der Waals surface area contributed by atoms with Gasteiger partial charge in [-0.25, -0.2) is 4.98 Å². The van der Waals surface area contributed by atoms with E-state index < -0.39 is 0 Å². The molecule has 1 heterocycles. The molecule has 0 unspecified atom stereocenters. The minimum absolute atomic E-state index is 0.462. The number of pyridine rings is 1. The van der Waals surface area contributed by atoms with E-state index in [4.69, 9.17) is 4.74 Å². The van der Waals surface area contributed by atoms with Gasteiger partial charge in [0.1, 0.15) is 5.82 Å². The number of rotatable bonds is 3. The van der Waals surface area contributed by atoms with Crippen LogP contribution in [0.25, 0.3) is 0 Å². The van der Waals surface area contributed by atoms with Gasteiger partial charge < -0.3 is 10.1 Å². The van der Waals surface area contributed by atoms with Crippen LogP contribution in [0.4, 0.5) is 5.82 Å². The molecule has 1 saturated carbocycles. The zero-order valence-corrected chi connectivity index (χ0v) is 10.1. The van der Waals surface area contributed by atoms with Crippen LogP contribution in [-0.2, 0) is 4.74 Å². The highest BCUT2D eigenvalue weighted by Gasteiger charge is 2.20. The summed E-state index contributed by atoms with van der Waals surface area (Å²) in [5.41, 5.74) is 1.25. The maximum atomic E-state index is 5.37. The fourth-order valence-electron chi connectivity index (χ4n) is 2.27. The van der Waals surface area contributed by atoms with E-state index in [1.165, 1.54) is 18.4 Å². The van der Waals surface area contributed by atoms with Crippen LogP contribution in [0.3, 0.4) is 0 Å². The summed E-state index contributed by atoms with van der Waals surface area (Å²) in [5, 5.41) is 3.50. The van der Waals surface area contributed by atoms with Crippen molar-refractivity contribution in [1.29, 1.82) is 0 Å². The number of hydrogen-bond donors (Lipinski definition) is 1. The summed E-state index contributed by atoms with van der Waals surface area (Å²) in [6, 6.07) is 4.68. The third kappa shape index (κ3) is 2.95. The van der Waals surface area contributed by atoms with E-state index in [0.29, 0.717) is 12.1 Å². The summed E-state index contributed by atoms with van der Waals surface area (Å²) < 4.78 is 5.37. The van der Waals surface area contributed by atoms with Crippen molar-refractivity contribution in [2.75, 3.05) is 12.4 Å². The molecule has 16 heavy (non-hydrogen) atoms. The lowest BCUT2D eigenvalue weighted by Gasteiger charge is -2.28. The first-order valence-corrected chi connectivity index (χ1v) is 6.00. The second-order valence-corrected chi connectivity index (χ2v) is 4.57. The number of ether oxygens (including phenoxy) is 1. The second-order valence-electron chi connectivity index (χ2n) is 4.57. The van der Waals surface area contributed by atoms with Crippen molar-refractivity contribution in [3.8, 4) is 0 Å². The standard InChI is InChI=1S/C13H20N2O/c1-10-7-8-14-13(9-10)15-11-3-5-12(16-2)6-4-11/h7-9,11-12H,3-6H2,1-2H3,(H,14,15). The van der Waals surface area contributed by atoms with Crippen LogP contribution in [0, 0.1) is 6.92 Å². The largest absolute Gasteiger partial charge is 0.381 e. The second kappa shape index (κ2) is 5.30. The van der Waals surface area contributed by atoms with Gasteiger partial charge in [0.05, 0.1) is 6.10 Å². The third-order valence-corrected chi connectivity index (χ3v) is 3.27. The van der Waals surface area contributed by atoms with E-state index in [9.17, 15) is 0 Å². The first kappa shape index (κ1) is 11.4. The molecule has 0 amide bonds. The maximum Gasteiger partial charge on any atom is 0.126 e. The van der Waals surface area contributed by atoms with E-state index in [0.717, 1.165) is 18.7 Å². The van der Waals surface area contributed by atoms with Gasteiger partial charge in [0.15, 0.2) is 0 Å². The topological polar surface area (TPSA) is 34.1 Å². The molecule has 0 aromatic carbocycles. The molecule has 1 aromatic heterocycles. The third-order valence-electron chi connectivity index (χ3n) is 3.27. The molecule has 3 heteroatoms. The average molecular weight is 220 g/mol. The Morgan fingerprint density at radius 3 is 2.69 bits per heavy atom. The van der Waals surface area contributed by atoms with Gasteiger partial charge in [0.25, 0.3) is 0 Å². The molecule has 1 N–H and O–H groups in total. The molecule has 3 nitrogen and oxygen atoms in total. The van der Waals surface area contributed by atoms with Crippen molar-refractivity contribution in [1.82, 2.24) is 4.98 Å². The van der Waals surface area contributed by atoms with Crippen molar-refractivity contribution in [2.24, 2.45) is 0 Å². The number of aryl methyl sites for hydroxylation is 1. The SMILES string of the molecule is COC1CCC(Nc2cc(C)ccn2)CC1. The summed E-state index contributed by atoms with van der Waals surface area (Å²) in [4.78, 5) is 4.33. The monoisotopic (exact) mass is 220 g/mol. The smallest absolute Gasteiger partial charge is 0.126 e. The normalized spacial score (nSPS) is 25.4. The number of hydrogen-bond acceptors (Lipinski definition) is 3. The van der Waals surface area contributed by atoms with E-state index >= 15 is 0 Å². The Balaban J connectivity index is 1.87. The fourth-order valence-corrected chi connectivity index (χ4v) is 2.27. The van der Waals surface area contributed by atoms with Crippen LogP contribution in [0.2, 0.25) is 0 Å². The minimum atomic E-state index is 0.462. The lowest BCUT2D eigenvalue weighted by Crippen LogP contribution is -2.29. The van der Waals surface area contributed by atoms with Crippen LogP contribution in [0.5, 0.6) is 0 Å². The summed E-state index contributed by atoms with van der Waals surface area (Å²) in [6.07, 6.45) is 6.98. The molecule has 0 radical (unpaired) electrons. The number of aromatic nitrogens is 1. The van der Waals surface area contributed by atoms with Gasteiger partial charge in [-0.2, -0.15) is 0 Å². The molecule has 0 atom stereocenters. The highest BCUT2D eigenvalue weighted by Crippen LogP contribution is 2.23. The van der Waals surface area contributed by atoms with Gasteiger partial charge in [-0.05, 0) is 50.3 Å². The first-order valence-electron chi connectivity index (χ1n) is 6.00. The molecule has 1 fully saturated rings. The molecule has 88 valence electrons. The molecule has 0 spiro atoms. The summed E-state index contributed by atoms with van der Waals surface area (Å²) in [6.45, 7) is 2.09. The van der Waals surface area contributed by atoms with Gasteiger partial charge >= 0.3 is 0 Å². The Morgan fingerprint density at radius 2 is 2.06 bits per heavy atom. The van der Waals surface area contributed by atoms with Crippen molar-refractivity contribution < 1.29 is 4.74 Å². The molecule has 0 aliphatic heterocycles. The van der Waals surface area contributed by atoms with Crippen LogP contribution in [0.15, 0.2) is 18.3 Å². The van der Waals surface area contributed by atoms with Crippen LogP contribution < -0.4 is 5.32 Å². The number of anilines is 1. The van der Waals surface area contributed by atoms with E-state index in [1.54, 1.807) is 7.11 Å². The van der Waals surface area contributed by atoms with Crippen LogP contribution in [-0.4, -0.2) is 24.2 Å². The summed E-state index contributed by atoms with van der Waals surface area (Å²) >= 11 is 0. The lowest BCUT2D eigenvalue weighted by atomic mass is 9.93. The molecular formula is C13H20N2O. The molecule has 1 aromatic rings. The minimum Gasteiger partial charge on any atom is -0.381 e. The van der Waals surface area contributed by atoms with Crippen LogP contribution in [0.1, 0.15) is 31.2 Å². The lowest BCUT2D eigenvalue weighted by molar-refractivity contribution is 0.0681. The van der Waals surface area contributed by atoms with E-state index in [-0.39, 0.29) is 0 Å². The molecule has 2 rings (SSSR count). The summed E-state index contributed by atoms with van der Waals surface area (Å²) in [7, 11) is 1.81. The average Bonchev–Trinajstić information content (AvgIpc) is 2.30. The van der Waals surface area contributed by atoms with Crippen molar-refractivity contribution in [3.63, 3.8) is 0 Å². The van der Waals surface area contributed by atoms with Gasteiger partial charge in [-0.15, -0.1) is 0 Å². The van der Waals surface area contributed by atoms with Crippen LogP contribution >= 0.6 is 0 Å². The highest BCUT2D eigenvalue weighted by atomic mass is 16.5. The number of nitrogens with zero attached hydrogens (tertiary/aromatic N) is 1. The first-order chi connectivity index (χ1) is 7.78. The van der Waals surface area contributed by atoms with Crippen molar-refractivity contribution in [3.05, 3.63) is 23.9 Å². The predicted octanol–water partition coefficient (Wildman–Crippen LogP) is 2.76. The Hall–Kier alpha value is -1.09.